The van der Waals surface area contributed by atoms with Gasteiger partial charge in [-0.05, 0) is 67.8 Å². The molecule has 0 saturated carbocycles. The summed E-state index contributed by atoms with van der Waals surface area (Å²) in [6.07, 6.45) is 2.69. The molecule has 0 unspecified atom stereocenters. The number of anilines is 3. The Balaban J connectivity index is 1.58. The fourth-order valence-corrected chi connectivity index (χ4v) is 3.76. The predicted octanol–water partition coefficient (Wildman–Crippen LogP) is 4.63. The van der Waals surface area contributed by atoms with Crippen LogP contribution in [-0.4, -0.2) is 31.4 Å². The van der Waals surface area contributed by atoms with Crippen LogP contribution in [0.3, 0.4) is 0 Å². The number of amides is 2. The minimum atomic E-state index is -0.119. The molecule has 28 heavy (non-hydrogen) atoms. The standard InChI is InChI=1S/C22H26ClN3O2/c1-16-15-18(23)5-10-21(16)26(17(2)27)14-11-22(28)24-19-6-8-20(9-7-19)25-12-3-4-13-25/h5-10,15H,3-4,11-14H2,1-2H3,(H,24,28). The molecule has 1 aliphatic heterocycles. The molecule has 0 atom stereocenters. The van der Waals surface area contributed by atoms with Crippen LogP contribution in [0.2, 0.25) is 5.02 Å². The number of aryl methyl sites for hydroxylation is 1. The summed E-state index contributed by atoms with van der Waals surface area (Å²) in [6.45, 7) is 5.91. The summed E-state index contributed by atoms with van der Waals surface area (Å²) in [5, 5.41) is 3.54. The van der Waals surface area contributed by atoms with E-state index in [1.807, 2.05) is 43.3 Å². The topological polar surface area (TPSA) is 52.7 Å². The van der Waals surface area contributed by atoms with Crippen molar-refractivity contribution in [3.05, 3.63) is 53.1 Å². The monoisotopic (exact) mass is 399 g/mol. The number of benzene rings is 2. The maximum Gasteiger partial charge on any atom is 0.226 e. The van der Waals surface area contributed by atoms with Crippen molar-refractivity contribution in [1.29, 1.82) is 0 Å². The maximum absolute atomic E-state index is 12.4. The highest BCUT2D eigenvalue weighted by Crippen LogP contribution is 2.25. The Kier molecular flexibility index (Phi) is 6.57. The second-order valence-electron chi connectivity index (χ2n) is 7.14. The van der Waals surface area contributed by atoms with Crippen molar-refractivity contribution in [3.63, 3.8) is 0 Å². The van der Waals surface area contributed by atoms with Gasteiger partial charge in [0.25, 0.3) is 0 Å². The lowest BCUT2D eigenvalue weighted by atomic mass is 10.1. The van der Waals surface area contributed by atoms with Crippen LogP contribution in [0, 0.1) is 6.92 Å². The molecule has 2 aromatic carbocycles. The van der Waals surface area contributed by atoms with Gasteiger partial charge in [-0.1, -0.05) is 11.6 Å². The Labute approximate surface area is 171 Å². The molecule has 0 aliphatic carbocycles. The Hall–Kier alpha value is -2.53. The molecule has 1 fully saturated rings. The third-order valence-corrected chi connectivity index (χ3v) is 5.25. The second-order valence-corrected chi connectivity index (χ2v) is 7.58. The minimum Gasteiger partial charge on any atom is -0.372 e. The fraction of sp³-hybridized carbons (Fsp3) is 0.364. The van der Waals surface area contributed by atoms with Gasteiger partial charge in [-0.2, -0.15) is 0 Å². The fourth-order valence-electron chi connectivity index (χ4n) is 3.54. The van der Waals surface area contributed by atoms with Crippen LogP contribution in [0.25, 0.3) is 0 Å². The lowest BCUT2D eigenvalue weighted by Gasteiger charge is -2.23. The van der Waals surface area contributed by atoms with Crippen molar-refractivity contribution in [2.75, 3.05) is 34.8 Å². The summed E-state index contributed by atoms with van der Waals surface area (Å²) in [5.74, 6) is -0.222. The van der Waals surface area contributed by atoms with E-state index in [0.717, 1.165) is 30.0 Å². The summed E-state index contributed by atoms with van der Waals surface area (Å²) in [4.78, 5) is 28.4. The largest absolute Gasteiger partial charge is 0.372 e. The molecular formula is C22H26ClN3O2. The number of carbonyl (C=O) groups excluding carboxylic acids is 2. The van der Waals surface area contributed by atoms with Crippen molar-refractivity contribution < 1.29 is 9.59 Å². The number of hydrogen-bond acceptors (Lipinski definition) is 3. The highest BCUT2D eigenvalue weighted by molar-refractivity contribution is 6.30. The number of nitrogens with one attached hydrogen (secondary N) is 1. The first-order chi connectivity index (χ1) is 13.4. The van der Waals surface area contributed by atoms with E-state index in [9.17, 15) is 9.59 Å². The predicted molar refractivity (Wildman–Crippen MR) is 115 cm³/mol. The zero-order chi connectivity index (χ0) is 20.1. The van der Waals surface area contributed by atoms with Gasteiger partial charge in [0, 0.05) is 55.1 Å². The minimum absolute atomic E-state index is 0.104. The van der Waals surface area contributed by atoms with E-state index in [1.54, 1.807) is 11.0 Å². The molecule has 6 heteroatoms. The SMILES string of the molecule is CC(=O)N(CCC(=O)Nc1ccc(N2CCCC2)cc1)c1ccc(Cl)cc1C. The number of carbonyl (C=O) groups is 2. The molecule has 2 amide bonds. The van der Waals surface area contributed by atoms with E-state index in [0.29, 0.717) is 11.6 Å². The van der Waals surface area contributed by atoms with Crippen LogP contribution in [0.4, 0.5) is 17.1 Å². The van der Waals surface area contributed by atoms with E-state index < -0.39 is 0 Å². The van der Waals surface area contributed by atoms with Gasteiger partial charge in [0.1, 0.15) is 0 Å². The maximum atomic E-state index is 12.4. The Morgan fingerprint density at radius 2 is 1.79 bits per heavy atom. The molecule has 1 saturated heterocycles. The van der Waals surface area contributed by atoms with Gasteiger partial charge in [0.2, 0.25) is 11.8 Å². The van der Waals surface area contributed by atoms with E-state index >= 15 is 0 Å². The summed E-state index contributed by atoms with van der Waals surface area (Å²) in [6, 6.07) is 13.3. The molecule has 3 rings (SSSR count). The summed E-state index contributed by atoms with van der Waals surface area (Å²) in [5.41, 5.74) is 3.64. The Morgan fingerprint density at radius 3 is 2.39 bits per heavy atom. The lowest BCUT2D eigenvalue weighted by Crippen LogP contribution is -2.32. The van der Waals surface area contributed by atoms with Gasteiger partial charge >= 0.3 is 0 Å². The molecule has 2 aromatic rings. The quantitative estimate of drug-likeness (QED) is 0.770. The van der Waals surface area contributed by atoms with Gasteiger partial charge in [-0.25, -0.2) is 0 Å². The molecule has 5 nitrogen and oxygen atoms in total. The van der Waals surface area contributed by atoms with Gasteiger partial charge < -0.3 is 15.1 Å². The van der Waals surface area contributed by atoms with Crippen molar-refractivity contribution in [3.8, 4) is 0 Å². The smallest absolute Gasteiger partial charge is 0.226 e. The first-order valence-electron chi connectivity index (χ1n) is 9.63. The van der Waals surface area contributed by atoms with Crippen LogP contribution in [0.5, 0.6) is 0 Å². The summed E-state index contributed by atoms with van der Waals surface area (Å²) < 4.78 is 0. The van der Waals surface area contributed by atoms with Crippen molar-refractivity contribution in [2.45, 2.75) is 33.1 Å². The molecule has 1 N–H and O–H groups in total. The van der Waals surface area contributed by atoms with Gasteiger partial charge in [-0.15, -0.1) is 0 Å². The van der Waals surface area contributed by atoms with E-state index in [-0.39, 0.29) is 18.2 Å². The number of halogens is 1. The highest BCUT2D eigenvalue weighted by Gasteiger charge is 2.16. The van der Waals surface area contributed by atoms with Crippen molar-refractivity contribution in [1.82, 2.24) is 0 Å². The zero-order valence-corrected chi connectivity index (χ0v) is 17.1. The Bertz CT molecular complexity index is 845. The molecule has 0 radical (unpaired) electrons. The first-order valence-corrected chi connectivity index (χ1v) is 10.0. The zero-order valence-electron chi connectivity index (χ0n) is 16.4. The average molecular weight is 400 g/mol. The summed E-state index contributed by atoms with van der Waals surface area (Å²) >= 11 is 6.00. The molecule has 148 valence electrons. The average Bonchev–Trinajstić information content (AvgIpc) is 3.18. The van der Waals surface area contributed by atoms with Crippen LogP contribution in [0.15, 0.2) is 42.5 Å². The molecule has 0 aromatic heterocycles. The lowest BCUT2D eigenvalue weighted by molar-refractivity contribution is -0.117. The van der Waals surface area contributed by atoms with Crippen LogP contribution >= 0.6 is 11.6 Å². The van der Waals surface area contributed by atoms with Gasteiger partial charge in [0.05, 0.1) is 0 Å². The molecule has 1 aliphatic rings. The number of hydrogen-bond donors (Lipinski definition) is 1. The van der Waals surface area contributed by atoms with Crippen molar-refractivity contribution in [2.24, 2.45) is 0 Å². The van der Waals surface area contributed by atoms with E-state index in [1.165, 1.54) is 25.5 Å². The normalized spacial score (nSPS) is 13.5. The number of rotatable bonds is 6. The summed E-state index contributed by atoms with van der Waals surface area (Å²) in [7, 11) is 0. The third kappa shape index (κ3) is 5.04. The van der Waals surface area contributed by atoms with Crippen molar-refractivity contribution >= 4 is 40.5 Å². The second kappa shape index (κ2) is 9.11. The van der Waals surface area contributed by atoms with E-state index in [4.69, 9.17) is 11.6 Å². The third-order valence-electron chi connectivity index (χ3n) is 5.01. The molecule has 1 heterocycles. The van der Waals surface area contributed by atoms with Crippen LogP contribution < -0.4 is 15.1 Å². The Morgan fingerprint density at radius 1 is 1.11 bits per heavy atom. The van der Waals surface area contributed by atoms with Gasteiger partial charge in [0.15, 0.2) is 0 Å². The number of nitrogens with zero attached hydrogens (tertiary/aromatic N) is 2. The molecule has 0 spiro atoms. The van der Waals surface area contributed by atoms with E-state index in [2.05, 4.69) is 10.2 Å². The molecular weight excluding hydrogens is 374 g/mol. The van der Waals surface area contributed by atoms with Gasteiger partial charge in [-0.3, -0.25) is 9.59 Å². The first kappa shape index (κ1) is 20.2. The highest BCUT2D eigenvalue weighted by atomic mass is 35.5. The van der Waals surface area contributed by atoms with Crippen LogP contribution in [0.1, 0.15) is 31.7 Å². The molecule has 0 bridgehead atoms. The van der Waals surface area contributed by atoms with Crippen LogP contribution in [-0.2, 0) is 9.59 Å².